The molecule has 6 heteroatoms. The van der Waals surface area contributed by atoms with Gasteiger partial charge < -0.3 is 14.7 Å². The van der Waals surface area contributed by atoms with Crippen molar-refractivity contribution in [2.45, 2.75) is 24.5 Å². The van der Waals surface area contributed by atoms with Crippen molar-refractivity contribution >= 4 is 5.91 Å². The molecule has 170 valence electrons. The first-order valence-corrected chi connectivity index (χ1v) is 11.2. The molecule has 1 amide bonds. The molecule has 33 heavy (non-hydrogen) atoms. The smallest absolute Gasteiger partial charge is 0.237 e. The number of carbonyl (C=O) groups is 1. The first kappa shape index (κ1) is 21.6. The number of fused-ring (bicyclic) bond motifs is 1. The minimum atomic E-state index is -0.262. The van der Waals surface area contributed by atoms with Gasteiger partial charge in [-0.15, -0.1) is 0 Å². The standard InChI is InChI=1S/C27H27FN2O3/c1-33-23-12-8-20(9-13-23)19-4-6-21(7-5-19)27-24-15-29(14-18-2-10-22(28)11-3-18)16-26(32)30(24)25(27)17-31/h2-13,24-25,27,31H,14-17H2,1H3/t24-,25+,27-/m1/s1. The molecule has 0 bridgehead atoms. The number of ether oxygens (including phenoxy) is 1. The summed E-state index contributed by atoms with van der Waals surface area (Å²) in [5.41, 5.74) is 4.32. The first-order valence-electron chi connectivity index (χ1n) is 11.2. The lowest BCUT2D eigenvalue weighted by atomic mass is 9.73. The minimum absolute atomic E-state index is 0.0238. The fourth-order valence-corrected chi connectivity index (χ4v) is 5.22. The van der Waals surface area contributed by atoms with Crippen molar-refractivity contribution in [2.75, 3.05) is 26.8 Å². The molecule has 0 radical (unpaired) electrons. The van der Waals surface area contributed by atoms with E-state index in [0.29, 0.717) is 13.1 Å². The maximum atomic E-state index is 13.2. The average molecular weight is 447 g/mol. The molecule has 2 aliphatic rings. The largest absolute Gasteiger partial charge is 0.497 e. The van der Waals surface area contributed by atoms with E-state index in [1.54, 1.807) is 19.2 Å². The summed E-state index contributed by atoms with van der Waals surface area (Å²) >= 11 is 0. The number of carbonyl (C=O) groups excluding carboxylic acids is 1. The molecule has 0 spiro atoms. The summed E-state index contributed by atoms with van der Waals surface area (Å²) in [7, 11) is 1.65. The third-order valence-corrected chi connectivity index (χ3v) is 6.86. The van der Waals surface area contributed by atoms with Crippen LogP contribution >= 0.6 is 0 Å². The Kier molecular flexibility index (Phi) is 5.87. The molecule has 0 aromatic heterocycles. The predicted molar refractivity (Wildman–Crippen MR) is 124 cm³/mol. The van der Waals surface area contributed by atoms with Crippen molar-refractivity contribution in [3.8, 4) is 16.9 Å². The Labute approximate surface area is 193 Å². The zero-order chi connectivity index (χ0) is 22.9. The summed E-state index contributed by atoms with van der Waals surface area (Å²) in [5.74, 6) is 0.684. The van der Waals surface area contributed by atoms with Gasteiger partial charge in [-0.3, -0.25) is 9.69 Å². The Morgan fingerprint density at radius 3 is 2.21 bits per heavy atom. The van der Waals surface area contributed by atoms with Gasteiger partial charge in [0.1, 0.15) is 11.6 Å². The third kappa shape index (κ3) is 4.12. The van der Waals surface area contributed by atoms with Crippen LogP contribution in [0.15, 0.2) is 72.8 Å². The van der Waals surface area contributed by atoms with Gasteiger partial charge in [0.15, 0.2) is 0 Å². The third-order valence-electron chi connectivity index (χ3n) is 6.86. The second-order valence-electron chi connectivity index (χ2n) is 8.79. The van der Waals surface area contributed by atoms with Crippen molar-refractivity contribution < 1.29 is 19.0 Å². The van der Waals surface area contributed by atoms with E-state index in [9.17, 15) is 14.3 Å². The minimum Gasteiger partial charge on any atom is -0.497 e. The van der Waals surface area contributed by atoms with Crippen molar-refractivity contribution in [1.29, 1.82) is 0 Å². The number of amides is 1. The van der Waals surface area contributed by atoms with E-state index in [2.05, 4.69) is 29.2 Å². The van der Waals surface area contributed by atoms with Gasteiger partial charge in [-0.2, -0.15) is 0 Å². The van der Waals surface area contributed by atoms with Crippen LogP contribution in [0, 0.1) is 5.82 Å². The number of nitrogens with zero attached hydrogens (tertiary/aromatic N) is 2. The lowest BCUT2D eigenvalue weighted by molar-refractivity contribution is -0.162. The highest BCUT2D eigenvalue weighted by Gasteiger charge is 2.53. The Balaban J connectivity index is 1.33. The number of hydrogen-bond donors (Lipinski definition) is 1. The lowest BCUT2D eigenvalue weighted by Crippen LogP contribution is -2.72. The Bertz CT molecular complexity index is 1120. The molecule has 2 aliphatic heterocycles. The summed E-state index contributed by atoms with van der Waals surface area (Å²) in [6.45, 7) is 1.59. The van der Waals surface area contributed by atoms with Crippen molar-refractivity contribution in [3.05, 3.63) is 89.7 Å². The molecule has 2 fully saturated rings. The second kappa shape index (κ2) is 8.96. The van der Waals surface area contributed by atoms with Gasteiger partial charge in [0, 0.05) is 19.0 Å². The van der Waals surface area contributed by atoms with Crippen molar-refractivity contribution in [1.82, 2.24) is 9.80 Å². The van der Waals surface area contributed by atoms with Gasteiger partial charge in [0.05, 0.1) is 32.3 Å². The van der Waals surface area contributed by atoms with Crippen LogP contribution in [-0.2, 0) is 11.3 Å². The van der Waals surface area contributed by atoms with Crippen LogP contribution in [-0.4, -0.2) is 59.7 Å². The molecule has 0 saturated carbocycles. The summed E-state index contributed by atoms with van der Waals surface area (Å²) in [6, 6.07) is 22.6. The molecule has 0 unspecified atom stereocenters. The van der Waals surface area contributed by atoms with Crippen LogP contribution < -0.4 is 4.74 Å². The van der Waals surface area contributed by atoms with Gasteiger partial charge in [-0.1, -0.05) is 48.5 Å². The van der Waals surface area contributed by atoms with Crippen molar-refractivity contribution in [2.24, 2.45) is 0 Å². The molecule has 5 rings (SSSR count). The summed E-state index contributed by atoms with van der Waals surface area (Å²) in [6.07, 6.45) is 0. The quantitative estimate of drug-likeness (QED) is 0.628. The Morgan fingerprint density at radius 2 is 1.61 bits per heavy atom. The van der Waals surface area contributed by atoms with Gasteiger partial charge >= 0.3 is 0 Å². The van der Waals surface area contributed by atoms with Gasteiger partial charge in [0.25, 0.3) is 0 Å². The van der Waals surface area contributed by atoms with Gasteiger partial charge in [0.2, 0.25) is 5.91 Å². The molecular formula is C27H27FN2O3. The zero-order valence-electron chi connectivity index (χ0n) is 18.5. The van der Waals surface area contributed by atoms with Crippen LogP contribution in [0.1, 0.15) is 17.0 Å². The molecule has 0 aliphatic carbocycles. The topological polar surface area (TPSA) is 53.0 Å². The second-order valence-corrected chi connectivity index (χ2v) is 8.79. The van der Waals surface area contributed by atoms with E-state index < -0.39 is 0 Å². The highest BCUT2D eigenvalue weighted by Crippen LogP contribution is 2.43. The molecular weight excluding hydrogens is 419 g/mol. The van der Waals surface area contributed by atoms with E-state index in [1.165, 1.54) is 12.1 Å². The SMILES string of the molecule is COc1ccc(-c2ccc([C@@H]3[C@H]4CN(Cc5ccc(F)cc5)CC(=O)N4[C@H]3CO)cc2)cc1. The molecule has 1 N–H and O–H groups in total. The number of hydrogen-bond acceptors (Lipinski definition) is 4. The normalized spacial score (nSPS) is 22.6. The number of benzene rings is 3. The predicted octanol–water partition coefficient (Wildman–Crippen LogP) is 3.67. The molecule has 5 nitrogen and oxygen atoms in total. The van der Waals surface area contributed by atoms with E-state index in [-0.39, 0.29) is 36.3 Å². The summed E-state index contributed by atoms with van der Waals surface area (Å²) in [4.78, 5) is 16.8. The van der Waals surface area contributed by atoms with Crippen LogP contribution in [0.2, 0.25) is 0 Å². The average Bonchev–Trinajstić information content (AvgIpc) is 2.83. The Hall–Kier alpha value is -3.22. The molecule has 3 atom stereocenters. The van der Waals surface area contributed by atoms with E-state index in [4.69, 9.17) is 4.74 Å². The number of rotatable bonds is 6. The summed E-state index contributed by atoms with van der Waals surface area (Å²) < 4.78 is 18.5. The van der Waals surface area contributed by atoms with Crippen LogP contribution in [0.5, 0.6) is 5.75 Å². The Morgan fingerprint density at radius 1 is 0.970 bits per heavy atom. The number of aliphatic hydroxyl groups excluding tert-OH is 1. The van der Waals surface area contributed by atoms with Crippen molar-refractivity contribution in [3.63, 3.8) is 0 Å². The first-order chi connectivity index (χ1) is 16.1. The molecule has 2 saturated heterocycles. The lowest BCUT2D eigenvalue weighted by Gasteiger charge is -2.59. The van der Waals surface area contributed by atoms with E-state index in [0.717, 1.165) is 34.5 Å². The van der Waals surface area contributed by atoms with Crippen LogP contribution in [0.25, 0.3) is 11.1 Å². The molecule has 3 aromatic carbocycles. The van der Waals surface area contributed by atoms with Gasteiger partial charge in [-0.25, -0.2) is 4.39 Å². The maximum Gasteiger partial charge on any atom is 0.237 e. The highest BCUT2D eigenvalue weighted by molar-refractivity contribution is 5.81. The fourth-order valence-electron chi connectivity index (χ4n) is 5.22. The van der Waals surface area contributed by atoms with Crippen LogP contribution in [0.3, 0.4) is 0 Å². The molecule has 2 heterocycles. The van der Waals surface area contributed by atoms with E-state index >= 15 is 0 Å². The highest BCUT2D eigenvalue weighted by atomic mass is 19.1. The zero-order valence-corrected chi connectivity index (χ0v) is 18.5. The monoisotopic (exact) mass is 446 g/mol. The number of halogens is 1. The number of methoxy groups -OCH3 is 1. The molecule has 3 aromatic rings. The summed E-state index contributed by atoms with van der Waals surface area (Å²) in [5, 5.41) is 10.0. The number of aliphatic hydroxyl groups is 1. The van der Waals surface area contributed by atoms with Gasteiger partial charge in [-0.05, 0) is 46.5 Å². The van der Waals surface area contributed by atoms with Crippen LogP contribution in [0.4, 0.5) is 4.39 Å². The van der Waals surface area contributed by atoms with E-state index in [1.807, 2.05) is 29.2 Å². The number of piperazine rings is 1. The maximum absolute atomic E-state index is 13.2. The fraction of sp³-hybridized carbons (Fsp3) is 0.296.